The highest BCUT2D eigenvalue weighted by molar-refractivity contribution is 6.01. The standard InChI is InChI=1S/C18H19F2N3O4/c1-3-8-13(23-17(25)15(8)20)7-27-18-10-5-14(26-2)11(16(21)24)4-9(10)12(19)6-22-18/h4-6,8,13,15H,3,7H2,1-2H3,(H2,21,24)(H,23,25)/t8-,13+,15-/m0/s1. The minimum absolute atomic E-state index is 0.0235. The Labute approximate surface area is 153 Å². The molecule has 1 aromatic carbocycles. The van der Waals surface area contributed by atoms with E-state index in [0.29, 0.717) is 6.42 Å². The summed E-state index contributed by atoms with van der Waals surface area (Å²) in [5.74, 6) is -2.38. The van der Waals surface area contributed by atoms with Crippen LogP contribution in [0.1, 0.15) is 23.7 Å². The lowest BCUT2D eigenvalue weighted by molar-refractivity contribution is -0.123. The highest BCUT2D eigenvalue weighted by atomic mass is 19.1. The zero-order valence-electron chi connectivity index (χ0n) is 14.8. The first-order valence-electron chi connectivity index (χ1n) is 8.40. The maximum Gasteiger partial charge on any atom is 0.255 e. The zero-order valence-corrected chi connectivity index (χ0v) is 14.8. The van der Waals surface area contributed by atoms with Crippen LogP contribution in [0.5, 0.6) is 11.6 Å². The number of aromatic nitrogens is 1. The Kier molecular flexibility index (Phi) is 5.11. The molecule has 3 atom stereocenters. The van der Waals surface area contributed by atoms with Crippen molar-refractivity contribution in [2.45, 2.75) is 25.6 Å². The number of fused-ring (bicyclic) bond motifs is 1. The minimum Gasteiger partial charge on any atom is -0.496 e. The molecule has 0 unspecified atom stereocenters. The summed E-state index contributed by atoms with van der Waals surface area (Å²) in [5.41, 5.74) is 5.33. The van der Waals surface area contributed by atoms with E-state index in [1.54, 1.807) is 6.92 Å². The van der Waals surface area contributed by atoms with E-state index in [1.165, 1.54) is 19.2 Å². The Hall–Kier alpha value is -2.97. The molecule has 2 amide bonds. The zero-order chi connectivity index (χ0) is 19.7. The quantitative estimate of drug-likeness (QED) is 0.796. The van der Waals surface area contributed by atoms with Crippen molar-refractivity contribution in [3.8, 4) is 11.6 Å². The Morgan fingerprint density at radius 2 is 2.11 bits per heavy atom. The Morgan fingerprint density at radius 3 is 2.74 bits per heavy atom. The Morgan fingerprint density at radius 1 is 1.37 bits per heavy atom. The van der Waals surface area contributed by atoms with E-state index in [9.17, 15) is 18.4 Å². The number of ether oxygens (including phenoxy) is 2. The molecule has 1 aliphatic heterocycles. The smallest absolute Gasteiger partial charge is 0.255 e. The van der Waals surface area contributed by atoms with Gasteiger partial charge in [-0.2, -0.15) is 0 Å². The van der Waals surface area contributed by atoms with Crippen molar-refractivity contribution in [1.82, 2.24) is 10.3 Å². The maximum absolute atomic E-state index is 14.2. The molecule has 1 saturated heterocycles. The molecule has 0 saturated carbocycles. The molecule has 0 aliphatic carbocycles. The predicted molar refractivity (Wildman–Crippen MR) is 92.9 cm³/mol. The summed E-state index contributed by atoms with van der Waals surface area (Å²) in [6, 6.07) is 2.15. The molecule has 144 valence electrons. The van der Waals surface area contributed by atoms with Crippen LogP contribution in [-0.2, 0) is 4.79 Å². The summed E-state index contributed by atoms with van der Waals surface area (Å²) in [5, 5.41) is 2.91. The fourth-order valence-electron chi connectivity index (χ4n) is 3.28. The molecule has 7 nitrogen and oxygen atoms in total. The molecule has 1 aromatic heterocycles. The molecule has 1 aliphatic rings. The third-order valence-electron chi connectivity index (χ3n) is 4.73. The lowest BCUT2D eigenvalue weighted by Crippen LogP contribution is -2.34. The second-order valence-electron chi connectivity index (χ2n) is 6.27. The lowest BCUT2D eigenvalue weighted by Gasteiger charge is -2.19. The van der Waals surface area contributed by atoms with Crippen molar-refractivity contribution in [3.63, 3.8) is 0 Å². The third kappa shape index (κ3) is 3.36. The molecule has 9 heteroatoms. The van der Waals surface area contributed by atoms with Gasteiger partial charge in [-0.3, -0.25) is 9.59 Å². The summed E-state index contributed by atoms with van der Waals surface area (Å²) in [4.78, 5) is 27.0. The number of nitrogens with zero attached hydrogens (tertiary/aromatic N) is 1. The van der Waals surface area contributed by atoms with Crippen molar-refractivity contribution in [2.24, 2.45) is 11.7 Å². The fourth-order valence-corrected chi connectivity index (χ4v) is 3.28. The number of carbonyl (C=O) groups excluding carboxylic acids is 2. The van der Waals surface area contributed by atoms with Crippen LogP contribution in [0.4, 0.5) is 8.78 Å². The van der Waals surface area contributed by atoms with Crippen LogP contribution in [0.2, 0.25) is 0 Å². The molecule has 3 rings (SSSR count). The number of halogens is 2. The highest BCUT2D eigenvalue weighted by Crippen LogP contribution is 2.33. The third-order valence-corrected chi connectivity index (χ3v) is 4.73. The molecule has 1 fully saturated rings. The largest absolute Gasteiger partial charge is 0.496 e. The van der Waals surface area contributed by atoms with Gasteiger partial charge < -0.3 is 20.5 Å². The fraction of sp³-hybridized carbons (Fsp3) is 0.389. The second-order valence-corrected chi connectivity index (χ2v) is 6.27. The topological polar surface area (TPSA) is 104 Å². The van der Waals surface area contributed by atoms with Crippen LogP contribution in [-0.4, -0.2) is 42.7 Å². The number of primary amides is 1. The molecule has 0 radical (unpaired) electrons. The van der Waals surface area contributed by atoms with Gasteiger partial charge in [-0.1, -0.05) is 6.92 Å². The van der Waals surface area contributed by atoms with Crippen LogP contribution < -0.4 is 20.5 Å². The molecule has 2 heterocycles. The normalized spacial score (nSPS) is 21.9. The predicted octanol–water partition coefficient (Wildman–Crippen LogP) is 1.72. The first kappa shape index (κ1) is 18.8. The van der Waals surface area contributed by atoms with Gasteiger partial charge in [-0.15, -0.1) is 0 Å². The Balaban J connectivity index is 1.94. The number of benzene rings is 1. The molecular weight excluding hydrogens is 360 g/mol. The van der Waals surface area contributed by atoms with Crippen LogP contribution in [0.3, 0.4) is 0 Å². The van der Waals surface area contributed by atoms with Crippen molar-refractivity contribution in [1.29, 1.82) is 0 Å². The number of methoxy groups -OCH3 is 1. The number of nitrogens with two attached hydrogens (primary N) is 1. The van der Waals surface area contributed by atoms with E-state index in [4.69, 9.17) is 15.2 Å². The molecule has 27 heavy (non-hydrogen) atoms. The molecule has 3 N–H and O–H groups in total. The van der Waals surface area contributed by atoms with E-state index in [0.717, 1.165) is 6.20 Å². The molecule has 2 aromatic rings. The monoisotopic (exact) mass is 379 g/mol. The van der Waals surface area contributed by atoms with Gasteiger partial charge in [0.05, 0.1) is 30.3 Å². The highest BCUT2D eigenvalue weighted by Gasteiger charge is 2.41. The average Bonchev–Trinajstić information content (AvgIpc) is 2.93. The van der Waals surface area contributed by atoms with Crippen LogP contribution in [0.25, 0.3) is 10.8 Å². The maximum atomic E-state index is 14.2. The molecule has 0 spiro atoms. The van der Waals surface area contributed by atoms with Gasteiger partial charge in [0, 0.05) is 11.3 Å². The number of rotatable bonds is 6. The van der Waals surface area contributed by atoms with E-state index < -0.39 is 35.8 Å². The Bertz CT molecular complexity index is 906. The summed E-state index contributed by atoms with van der Waals surface area (Å²) in [6.45, 7) is 1.75. The summed E-state index contributed by atoms with van der Waals surface area (Å²) < 4.78 is 38.9. The van der Waals surface area contributed by atoms with Gasteiger partial charge in [-0.25, -0.2) is 13.8 Å². The SMILES string of the molecule is CC[C@@H]1[C@H](F)C(=O)N[C@@H]1COc1ncc(F)c2cc(C(N)=O)c(OC)cc12. The van der Waals surface area contributed by atoms with Gasteiger partial charge in [-0.05, 0) is 18.6 Å². The van der Waals surface area contributed by atoms with Crippen molar-refractivity contribution in [3.05, 3.63) is 29.7 Å². The summed E-state index contributed by atoms with van der Waals surface area (Å²) >= 11 is 0. The van der Waals surface area contributed by atoms with Gasteiger partial charge >= 0.3 is 0 Å². The van der Waals surface area contributed by atoms with E-state index in [-0.39, 0.29) is 34.6 Å². The number of nitrogens with one attached hydrogen (secondary N) is 1. The number of hydrogen-bond donors (Lipinski definition) is 2. The van der Waals surface area contributed by atoms with Gasteiger partial charge in [0.25, 0.3) is 11.8 Å². The first-order chi connectivity index (χ1) is 12.9. The summed E-state index contributed by atoms with van der Waals surface area (Å²) in [7, 11) is 1.35. The molecule has 0 bridgehead atoms. The van der Waals surface area contributed by atoms with Crippen molar-refractivity contribution in [2.75, 3.05) is 13.7 Å². The second kappa shape index (κ2) is 7.34. The van der Waals surface area contributed by atoms with E-state index in [2.05, 4.69) is 10.3 Å². The van der Waals surface area contributed by atoms with Crippen LogP contribution in [0.15, 0.2) is 18.3 Å². The lowest BCUT2D eigenvalue weighted by atomic mass is 9.97. The number of amides is 2. The summed E-state index contributed by atoms with van der Waals surface area (Å²) in [6.07, 6.45) is -0.168. The first-order valence-corrected chi connectivity index (χ1v) is 8.40. The number of hydrogen-bond acceptors (Lipinski definition) is 5. The van der Waals surface area contributed by atoms with Crippen molar-refractivity contribution < 1.29 is 27.8 Å². The minimum atomic E-state index is -1.58. The molecular formula is C18H19F2N3O4. The number of carbonyl (C=O) groups is 2. The average molecular weight is 379 g/mol. The number of alkyl halides is 1. The van der Waals surface area contributed by atoms with Gasteiger partial charge in [0.1, 0.15) is 18.2 Å². The van der Waals surface area contributed by atoms with E-state index >= 15 is 0 Å². The van der Waals surface area contributed by atoms with Crippen molar-refractivity contribution >= 4 is 22.6 Å². The van der Waals surface area contributed by atoms with Crippen LogP contribution >= 0.6 is 0 Å². The van der Waals surface area contributed by atoms with Gasteiger partial charge in [0.2, 0.25) is 5.88 Å². The number of pyridine rings is 1. The van der Waals surface area contributed by atoms with E-state index in [1.807, 2.05) is 0 Å². The van der Waals surface area contributed by atoms with Crippen LogP contribution in [0, 0.1) is 11.7 Å². The van der Waals surface area contributed by atoms with Gasteiger partial charge in [0.15, 0.2) is 6.17 Å².